The number of hydrogen-bond acceptors (Lipinski definition) is 3. The lowest BCUT2D eigenvalue weighted by Gasteiger charge is -2.06. The maximum absolute atomic E-state index is 12.2. The second-order valence-corrected chi connectivity index (χ2v) is 7.33. The Balaban J connectivity index is 1.54. The molecule has 1 amide bonds. The molecule has 2 aromatic carbocycles. The van der Waals surface area contributed by atoms with Gasteiger partial charge in [0, 0.05) is 12.5 Å². The van der Waals surface area contributed by atoms with Gasteiger partial charge in [0.25, 0.3) is 0 Å². The van der Waals surface area contributed by atoms with E-state index in [1.807, 2.05) is 30.3 Å². The highest BCUT2D eigenvalue weighted by atomic mass is 32.2. The van der Waals surface area contributed by atoms with Crippen molar-refractivity contribution < 1.29 is 13.2 Å². The number of nitrogens with one attached hydrogen (secondary N) is 1. The highest BCUT2D eigenvalue weighted by Gasteiger charge is 2.43. The van der Waals surface area contributed by atoms with E-state index in [4.69, 9.17) is 5.14 Å². The van der Waals surface area contributed by atoms with Crippen LogP contribution in [0.3, 0.4) is 0 Å². The summed E-state index contributed by atoms with van der Waals surface area (Å²) in [6.45, 7) is 0.377. The van der Waals surface area contributed by atoms with E-state index in [1.165, 1.54) is 17.7 Å². The molecule has 6 heteroatoms. The summed E-state index contributed by atoms with van der Waals surface area (Å²) >= 11 is 0. The minimum atomic E-state index is -3.68. The van der Waals surface area contributed by atoms with Crippen molar-refractivity contribution in [1.29, 1.82) is 0 Å². The van der Waals surface area contributed by atoms with Crippen molar-refractivity contribution in [3.8, 4) is 0 Å². The van der Waals surface area contributed by atoms with Gasteiger partial charge in [-0.1, -0.05) is 42.5 Å². The van der Waals surface area contributed by atoms with Gasteiger partial charge < -0.3 is 5.32 Å². The second-order valence-electron chi connectivity index (χ2n) is 5.77. The first-order valence-electron chi connectivity index (χ1n) is 7.39. The van der Waals surface area contributed by atoms with Crippen LogP contribution in [-0.2, 0) is 21.4 Å². The SMILES string of the molecule is NS(=O)(=O)c1ccc(CNC(=O)[C@@H]2C[C@@H]2c2ccccc2)cc1. The van der Waals surface area contributed by atoms with Crippen LogP contribution in [0.25, 0.3) is 0 Å². The van der Waals surface area contributed by atoms with Gasteiger partial charge in [-0.15, -0.1) is 0 Å². The van der Waals surface area contributed by atoms with Gasteiger partial charge in [-0.05, 0) is 35.6 Å². The molecule has 0 unspecified atom stereocenters. The standard InChI is InChI=1S/C17H18N2O3S/c18-23(21,22)14-8-6-12(7-9-14)11-19-17(20)16-10-15(16)13-4-2-1-3-5-13/h1-9,15-16H,10-11H2,(H,19,20)(H2,18,21,22)/t15-,16-/m1/s1. The summed E-state index contributed by atoms with van der Waals surface area (Å²) in [5.41, 5.74) is 2.04. The maximum Gasteiger partial charge on any atom is 0.238 e. The number of benzene rings is 2. The number of amides is 1. The van der Waals surface area contributed by atoms with Crippen molar-refractivity contribution >= 4 is 15.9 Å². The van der Waals surface area contributed by atoms with Crippen LogP contribution in [0.15, 0.2) is 59.5 Å². The molecular weight excluding hydrogens is 312 g/mol. The monoisotopic (exact) mass is 330 g/mol. The van der Waals surface area contributed by atoms with Crippen molar-refractivity contribution in [2.24, 2.45) is 11.1 Å². The molecule has 120 valence electrons. The van der Waals surface area contributed by atoms with E-state index >= 15 is 0 Å². The van der Waals surface area contributed by atoms with E-state index in [9.17, 15) is 13.2 Å². The highest BCUT2D eigenvalue weighted by molar-refractivity contribution is 7.89. The van der Waals surface area contributed by atoms with Crippen LogP contribution in [0, 0.1) is 5.92 Å². The molecule has 0 aliphatic heterocycles. The van der Waals surface area contributed by atoms with Crippen molar-refractivity contribution in [2.75, 3.05) is 0 Å². The van der Waals surface area contributed by atoms with E-state index < -0.39 is 10.0 Å². The van der Waals surface area contributed by atoms with Gasteiger partial charge in [-0.25, -0.2) is 13.6 Å². The molecule has 2 atom stereocenters. The Hall–Kier alpha value is -2.18. The van der Waals surface area contributed by atoms with Crippen molar-refractivity contribution in [1.82, 2.24) is 5.32 Å². The molecule has 1 saturated carbocycles. The number of rotatable bonds is 5. The Morgan fingerprint density at radius 1 is 1.09 bits per heavy atom. The minimum Gasteiger partial charge on any atom is -0.352 e. The zero-order chi connectivity index (χ0) is 16.4. The fourth-order valence-electron chi connectivity index (χ4n) is 2.67. The molecule has 3 N–H and O–H groups in total. The average Bonchev–Trinajstić information content (AvgIpc) is 3.34. The lowest BCUT2D eigenvalue weighted by atomic mass is 10.1. The first-order chi connectivity index (χ1) is 10.9. The molecule has 0 spiro atoms. The molecule has 0 saturated heterocycles. The summed E-state index contributed by atoms with van der Waals surface area (Å²) < 4.78 is 22.4. The molecule has 0 radical (unpaired) electrons. The van der Waals surface area contributed by atoms with Crippen LogP contribution in [0.1, 0.15) is 23.5 Å². The predicted octanol–water partition coefficient (Wildman–Crippen LogP) is 1.75. The summed E-state index contributed by atoms with van der Waals surface area (Å²) in [5, 5.41) is 7.95. The van der Waals surface area contributed by atoms with Crippen LogP contribution in [-0.4, -0.2) is 14.3 Å². The molecule has 0 bridgehead atoms. The minimum absolute atomic E-state index is 0.0288. The third kappa shape index (κ3) is 3.78. The molecule has 23 heavy (non-hydrogen) atoms. The number of primary sulfonamides is 1. The Morgan fingerprint density at radius 3 is 2.35 bits per heavy atom. The molecule has 5 nitrogen and oxygen atoms in total. The van der Waals surface area contributed by atoms with Crippen molar-refractivity contribution in [2.45, 2.75) is 23.8 Å². The fourth-order valence-corrected chi connectivity index (χ4v) is 3.19. The first kappa shape index (κ1) is 15.7. The predicted molar refractivity (Wildman–Crippen MR) is 87.0 cm³/mol. The van der Waals surface area contributed by atoms with Crippen LogP contribution >= 0.6 is 0 Å². The van der Waals surface area contributed by atoms with Crippen LogP contribution in [0.5, 0.6) is 0 Å². The van der Waals surface area contributed by atoms with Gasteiger partial charge in [0.15, 0.2) is 0 Å². The van der Waals surface area contributed by atoms with E-state index in [0.717, 1.165) is 12.0 Å². The third-order valence-corrected chi connectivity index (χ3v) is 5.00. The zero-order valence-corrected chi connectivity index (χ0v) is 13.3. The summed E-state index contributed by atoms with van der Waals surface area (Å²) in [4.78, 5) is 12.2. The Bertz CT molecular complexity index is 801. The molecule has 1 aliphatic carbocycles. The molecular formula is C17H18N2O3S. The normalized spacial score (nSPS) is 20.0. The summed E-state index contributed by atoms with van der Waals surface area (Å²) in [6, 6.07) is 16.2. The third-order valence-electron chi connectivity index (χ3n) is 4.07. The second kappa shape index (κ2) is 6.14. The van der Waals surface area contributed by atoms with Crippen LogP contribution in [0.4, 0.5) is 0 Å². The number of carbonyl (C=O) groups excluding carboxylic acids is 1. The topological polar surface area (TPSA) is 89.3 Å². The van der Waals surface area contributed by atoms with Crippen LogP contribution < -0.4 is 10.5 Å². The molecule has 1 fully saturated rings. The van der Waals surface area contributed by atoms with Gasteiger partial charge in [-0.2, -0.15) is 0 Å². The number of hydrogen-bond donors (Lipinski definition) is 2. The number of nitrogens with two attached hydrogens (primary N) is 1. The van der Waals surface area contributed by atoms with E-state index in [0.29, 0.717) is 12.5 Å². The Kier molecular flexibility index (Phi) is 4.19. The highest BCUT2D eigenvalue weighted by Crippen LogP contribution is 2.47. The fraction of sp³-hybridized carbons (Fsp3) is 0.235. The first-order valence-corrected chi connectivity index (χ1v) is 8.94. The molecule has 2 aromatic rings. The molecule has 1 aliphatic rings. The average molecular weight is 330 g/mol. The summed E-state index contributed by atoms with van der Waals surface area (Å²) in [6.07, 6.45) is 0.875. The van der Waals surface area contributed by atoms with Crippen molar-refractivity contribution in [3.63, 3.8) is 0 Å². The van der Waals surface area contributed by atoms with Gasteiger partial charge in [0.2, 0.25) is 15.9 Å². The Labute approximate surface area is 135 Å². The largest absolute Gasteiger partial charge is 0.352 e. The lowest BCUT2D eigenvalue weighted by molar-refractivity contribution is -0.122. The smallest absolute Gasteiger partial charge is 0.238 e. The van der Waals surface area contributed by atoms with Crippen molar-refractivity contribution in [3.05, 3.63) is 65.7 Å². The number of carbonyl (C=O) groups is 1. The maximum atomic E-state index is 12.2. The van der Waals surface area contributed by atoms with Gasteiger partial charge >= 0.3 is 0 Å². The van der Waals surface area contributed by atoms with Gasteiger partial charge in [0.05, 0.1) is 4.90 Å². The lowest BCUT2D eigenvalue weighted by Crippen LogP contribution is -2.24. The molecule has 0 heterocycles. The number of sulfonamides is 1. The Morgan fingerprint density at radius 2 is 1.74 bits per heavy atom. The molecule has 0 aromatic heterocycles. The quantitative estimate of drug-likeness (QED) is 0.875. The van der Waals surface area contributed by atoms with E-state index in [-0.39, 0.29) is 16.7 Å². The summed E-state index contributed by atoms with van der Waals surface area (Å²) in [5.74, 6) is 0.372. The molecule has 3 rings (SSSR count). The van der Waals surface area contributed by atoms with Gasteiger partial charge in [0.1, 0.15) is 0 Å². The zero-order valence-electron chi connectivity index (χ0n) is 12.5. The van der Waals surface area contributed by atoms with E-state index in [2.05, 4.69) is 5.32 Å². The van der Waals surface area contributed by atoms with Gasteiger partial charge in [-0.3, -0.25) is 4.79 Å². The van der Waals surface area contributed by atoms with E-state index in [1.54, 1.807) is 12.1 Å². The summed E-state index contributed by atoms with van der Waals surface area (Å²) in [7, 11) is -3.68. The van der Waals surface area contributed by atoms with Crippen LogP contribution in [0.2, 0.25) is 0 Å².